The predicted octanol–water partition coefficient (Wildman–Crippen LogP) is 2.63. The van der Waals surface area contributed by atoms with E-state index >= 15 is 14.4 Å². The minimum absolute atomic E-state index is 0.00938. The lowest BCUT2D eigenvalue weighted by atomic mass is 9.91. The Balaban J connectivity index is 2.97. The summed E-state index contributed by atoms with van der Waals surface area (Å²) in [5.41, 5.74) is 0. The second-order valence-electron chi connectivity index (χ2n) is 29.1. The van der Waals surface area contributed by atoms with Gasteiger partial charge in [-0.25, -0.2) is 0 Å². The summed E-state index contributed by atoms with van der Waals surface area (Å²) in [7, 11) is 8.19. The number of amides is 12. The molecule has 27 nitrogen and oxygen atoms in total. The highest BCUT2D eigenvalue weighted by atomic mass is 19.4. The molecule has 2 aliphatic heterocycles. The van der Waals surface area contributed by atoms with Crippen LogP contribution in [0.1, 0.15) is 150 Å². The van der Waals surface area contributed by atoms with Crippen LogP contribution in [0.3, 0.4) is 0 Å². The van der Waals surface area contributed by atoms with Gasteiger partial charge in [0.25, 0.3) is 0 Å². The molecule has 0 saturated carbocycles. The molecule has 0 aliphatic carbocycles. The first-order chi connectivity index (χ1) is 45.8. The summed E-state index contributed by atoms with van der Waals surface area (Å²) < 4.78 is 45.2. The Morgan fingerprint density at radius 2 is 1.01 bits per heavy atom. The van der Waals surface area contributed by atoms with Crippen molar-refractivity contribution in [3.05, 3.63) is 12.2 Å². The Bertz CT molecular complexity index is 2780. The van der Waals surface area contributed by atoms with Crippen LogP contribution in [0, 0.1) is 41.4 Å². The van der Waals surface area contributed by atoms with Crippen molar-refractivity contribution in [1.29, 1.82) is 0 Å². The highest BCUT2D eigenvalue weighted by Gasteiger charge is 2.46. The van der Waals surface area contributed by atoms with E-state index < -0.39 is 186 Å². The number of allylic oxidation sites excluding steroid dienone is 2. The van der Waals surface area contributed by atoms with Crippen molar-refractivity contribution in [2.75, 3.05) is 88.2 Å². The molecular weight excluding hydrogens is 1290 g/mol. The lowest BCUT2D eigenvalue weighted by Gasteiger charge is -2.41. The van der Waals surface area contributed by atoms with E-state index in [4.69, 9.17) is 4.74 Å². The van der Waals surface area contributed by atoms with Crippen LogP contribution in [0.4, 0.5) is 13.2 Å². The molecule has 12 amide bonds. The summed E-state index contributed by atoms with van der Waals surface area (Å²) >= 11 is 0. The fourth-order valence-corrected chi connectivity index (χ4v) is 12.2. The second-order valence-corrected chi connectivity index (χ2v) is 29.1. The van der Waals surface area contributed by atoms with Crippen LogP contribution < -0.4 is 26.6 Å². The lowest BCUT2D eigenvalue weighted by molar-refractivity contribution is -0.157. The maximum absolute atomic E-state index is 15.3. The molecule has 0 unspecified atom stereocenters. The van der Waals surface area contributed by atoms with Crippen LogP contribution in [-0.2, 0) is 62.3 Å². The average molecular weight is 1410 g/mol. The van der Waals surface area contributed by atoms with Gasteiger partial charge >= 0.3 is 6.18 Å². The van der Waals surface area contributed by atoms with Crippen LogP contribution in [0.15, 0.2) is 12.2 Å². The van der Waals surface area contributed by atoms with Gasteiger partial charge in [0.15, 0.2) is 0 Å². The Hall–Kier alpha value is -6.95. The highest BCUT2D eigenvalue weighted by Crippen LogP contribution is 2.26. The number of alkyl halides is 3. The zero-order valence-electron chi connectivity index (χ0n) is 63.1. The smallest absolute Gasteiger partial charge is 0.390 e. The first-order valence-corrected chi connectivity index (χ1v) is 34.8. The van der Waals surface area contributed by atoms with Crippen LogP contribution in [-0.4, -0.2) is 282 Å². The third-order valence-electron chi connectivity index (χ3n) is 18.7. The summed E-state index contributed by atoms with van der Waals surface area (Å²) in [5, 5.41) is 25.7. The standard InChI is InChI=1S/C69H120F3N13O14/c1-24-26-27-43(13)57(87)56-62(92)75-48(25-2)64(94)78(18)47(17)59(89)77-54(44(14)35-99-36-52(86)85-30-28-84(29-31-85)37-69(70,71)72)61(91)76-53(41(9)10)67(97)79(19)49(32-38(3)4)60(90)73-45(15)58(88)74-46(16)63(93)80(20)50(33-39(5)6)65(95)81(21)51(34-40(7)8)66(96)82(22)55(42(11)12)68(98)83(56)23/h24,26,38-51,53-57,87H,25,27-37H2,1-23H3,(H,73,90)(H,74,88)(H,75,92)(H,76,91)(H,77,89)/b26-24+/t43-,44-,45+,46-,47-,48+,49+,50+,51+,53+,54+,55+,56+,57-/m1/s1. The molecule has 0 radical (unpaired) electrons. The van der Waals surface area contributed by atoms with Crippen LogP contribution in [0.5, 0.6) is 0 Å². The van der Waals surface area contributed by atoms with Crippen LogP contribution in [0.25, 0.3) is 0 Å². The van der Waals surface area contributed by atoms with Crippen molar-refractivity contribution in [1.82, 2.24) is 65.8 Å². The first kappa shape index (κ1) is 88.1. The molecular formula is C69H120F3N13O14. The number of nitrogens with one attached hydrogen (secondary N) is 5. The number of halogens is 3. The van der Waals surface area contributed by atoms with Crippen molar-refractivity contribution in [2.45, 2.75) is 229 Å². The third kappa shape index (κ3) is 25.6. The lowest BCUT2D eigenvalue weighted by Crippen LogP contribution is -2.64. The predicted molar refractivity (Wildman–Crippen MR) is 368 cm³/mol. The molecule has 2 heterocycles. The molecule has 14 atom stereocenters. The fraction of sp³-hybridized carbons (Fsp3) is 0.797. The summed E-state index contributed by atoms with van der Waals surface area (Å²) in [5.74, 6) is -12.8. The quantitative estimate of drug-likeness (QED) is 0.101. The molecule has 6 N–H and O–H groups in total. The number of ether oxygens (including phenoxy) is 1. The number of carbonyl (C=O) groups is 12. The second kappa shape index (κ2) is 39.9. The number of piperazine rings is 1. The van der Waals surface area contributed by atoms with E-state index in [9.17, 15) is 61.4 Å². The first-order valence-electron chi connectivity index (χ1n) is 34.8. The van der Waals surface area contributed by atoms with Crippen molar-refractivity contribution >= 4 is 70.9 Å². The van der Waals surface area contributed by atoms with E-state index in [1.807, 2.05) is 27.7 Å². The molecule has 0 aromatic rings. The third-order valence-corrected chi connectivity index (χ3v) is 18.7. The average Bonchev–Trinajstić information content (AvgIpc) is 0.802. The number of rotatable bonds is 19. The number of hydrogen-bond donors (Lipinski definition) is 6. The Morgan fingerprint density at radius 3 is 1.49 bits per heavy atom. The topological polar surface area (TPSA) is 320 Å². The van der Waals surface area contributed by atoms with Gasteiger partial charge in [-0.15, -0.1) is 0 Å². The largest absolute Gasteiger partial charge is 0.401 e. The number of aliphatic hydroxyl groups excluding tert-OH is 1. The van der Waals surface area contributed by atoms with Crippen molar-refractivity contribution in [3.8, 4) is 0 Å². The van der Waals surface area contributed by atoms with E-state index in [1.165, 1.54) is 94.5 Å². The van der Waals surface area contributed by atoms with Crippen molar-refractivity contribution in [3.63, 3.8) is 0 Å². The summed E-state index contributed by atoms with van der Waals surface area (Å²) in [6.45, 7) is 26.2. The SMILES string of the molecule is C/C=C/C[C@@H](C)[C@@H](O)[C@H]1C(=O)N[C@@H](CC)C(=O)N(C)[C@H](C)C(=O)N[C@@H]([C@H](C)COCC(=O)N2CCN(CC(F)(F)F)CC2)C(=O)N[C@@H](C(C)C)C(=O)N(C)[C@@H](CC(C)C)C(=O)N[C@@H](C)C(=O)N[C@H](C)C(=O)N(C)[C@@H](CC(C)C)C(=O)N(C)[C@@H](CC(C)C)C(=O)N(C)[C@@H](C(C)C)C(=O)N1C. The highest BCUT2D eigenvalue weighted by molar-refractivity contribution is 6.00. The van der Waals surface area contributed by atoms with Gasteiger partial charge < -0.3 is 70.7 Å². The summed E-state index contributed by atoms with van der Waals surface area (Å²) in [6.07, 6.45) is -2.03. The van der Waals surface area contributed by atoms with Gasteiger partial charge in [-0.3, -0.25) is 62.4 Å². The zero-order valence-corrected chi connectivity index (χ0v) is 63.1. The molecule has 0 bridgehead atoms. The molecule has 2 rings (SSSR count). The molecule has 2 fully saturated rings. The van der Waals surface area contributed by atoms with E-state index in [-0.39, 0.29) is 82.6 Å². The number of aliphatic hydroxyl groups is 1. The van der Waals surface area contributed by atoms with E-state index in [0.29, 0.717) is 0 Å². The van der Waals surface area contributed by atoms with Crippen molar-refractivity contribution in [2.24, 2.45) is 41.4 Å². The summed E-state index contributed by atoms with van der Waals surface area (Å²) in [6, 6.07) is -15.0. The minimum Gasteiger partial charge on any atom is -0.390 e. The number of likely N-dealkylation sites (N-methyl/N-ethyl adjacent to an activating group) is 6. The Kier molecular flexibility index (Phi) is 35.5. The minimum atomic E-state index is -4.43. The zero-order chi connectivity index (χ0) is 76.2. The van der Waals surface area contributed by atoms with E-state index in [0.717, 1.165) is 14.7 Å². The van der Waals surface area contributed by atoms with E-state index in [1.54, 1.807) is 74.5 Å². The van der Waals surface area contributed by atoms with Crippen LogP contribution in [0.2, 0.25) is 0 Å². The van der Waals surface area contributed by atoms with Gasteiger partial charge in [-0.05, 0) is 95.3 Å². The van der Waals surface area contributed by atoms with Crippen molar-refractivity contribution < 1.29 is 80.5 Å². The molecule has 0 aromatic heterocycles. The molecule has 0 aromatic carbocycles. The Labute approximate surface area is 585 Å². The molecule has 2 aliphatic rings. The van der Waals surface area contributed by atoms with Gasteiger partial charge in [-0.1, -0.05) is 102 Å². The Morgan fingerprint density at radius 1 is 0.535 bits per heavy atom. The molecule has 30 heteroatoms. The van der Waals surface area contributed by atoms with Gasteiger partial charge in [0.1, 0.15) is 73.1 Å². The van der Waals surface area contributed by atoms with Gasteiger partial charge in [0.2, 0.25) is 70.9 Å². The number of carbonyl (C=O) groups excluding carboxylic acids is 12. The van der Waals surface area contributed by atoms with E-state index in [2.05, 4.69) is 26.6 Å². The monoisotopic (exact) mass is 1410 g/mol. The maximum atomic E-state index is 15.3. The maximum Gasteiger partial charge on any atom is 0.401 e. The van der Waals surface area contributed by atoms with Gasteiger partial charge in [-0.2, -0.15) is 13.2 Å². The number of hydrogen-bond acceptors (Lipinski definition) is 15. The van der Waals surface area contributed by atoms with Crippen LogP contribution >= 0.6 is 0 Å². The molecule has 2 saturated heterocycles. The normalized spacial score (nSPS) is 27.0. The van der Waals surface area contributed by atoms with Gasteiger partial charge in [0, 0.05) is 74.4 Å². The molecule has 0 spiro atoms. The van der Waals surface area contributed by atoms with Gasteiger partial charge in [0.05, 0.1) is 19.3 Å². The summed E-state index contributed by atoms with van der Waals surface area (Å²) in [4.78, 5) is 185. The fourth-order valence-electron chi connectivity index (χ4n) is 12.2. The number of nitrogens with zero attached hydrogens (tertiary/aromatic N) is 8. The molecule has 566 valence electrons. The molecule has 99 heavy (non-hydrogen) atoms.